The number of ether oxygens (including phenoxy) is 2. The molecule has 23 heavy (non-hydrogen) atoms. The van der Waals surface area contributed by atoms with Gasteiger partial charge in [-0.3, -0.25) is 4.79 Å². The molecule has 0 bridgehead atoms. The largest absolute Gasteiger partial charge is 0.447 e. The molecular formula is C19H13BrO3. The van der Waals surface area contributed by atoms with Gasteiger partial charge in [-0.1, -0.05) is 40.2 Å². The Morgan fingerprint density at radius 3 is 2.52 bits per heavy atom. The highest BCUT2D eigenvalue weighted by molar-refractivity contribution is 9.10. The summed E-state index contributed by atoms with van der Waals surface area (Å²) >= 11 is 3.57. The Hall–Kier alpha value is -2.07. The van der Waals surface area contributed by atoms with Crippen molar-refractivity contribution in [3.05, 3.63) is 59.1 Å². The van der Waals surface area contributed by atoms with E-state index < -0.39 is 11.2 Å². The summed E-state index contributed by atoms with van der Waals surface area (Å²) in [6.45, 7) is 0. The highest BCUT2D eigenvalue weighted by atomic mass is 79.9. The number of ketones is 1. The number of carbonyl (C=O) groups is 1. The van der Waals surface area contributed by atoms with Crippen LogP contribution in [0.2, 0.25) is 0 Å². The van der Waals surface area contributed by atoms with E-state index in [1.807, 2.05) is 42.5 Å². The summed E-state index contributed by atoms with van der Waals surface area (Å²) in [4.78, 5) is 12.6. The van der Waals surface area contributed by atoms with Crippen LogP contribution in [0.15, 0.2) is 59.1 Å². The van der Waals surface area contributed by atoms with Crippen molar-refractivity contribution >= 4 is 32.5 Å². The SMILES string of the molecule is O=C1C=CC2(Oc3cccc4c(Br)ccc(c34)O2)C12CC=CC2. The van der Waals surface area contributed by atoms with Gasteiger partial charge in [-0.15, -0.1) is 0 Å². The first-order valence-corrected chi connectivity index (χ1v) is 8.42. The van der Waals surface area contributed by atoms with Crippen molar-refractivity contribution in [2.75, 3.05) is 0 Å². The van der Waals surface area contributed by atoms with Crippen LogP contribution in [0.1, 0.15) is 12.8 Å². The van der Waals surface area contributed by atoms with E-state index in [4.69, 9.17) is 9.47 Å². The van der Waals surface area contributed by atoms with E-state index >= 15 is 0 Å². The topological polar surface area (TPSA) is 35.5 Å². The maximum atomic E-state index is 12.6. The average molecular weight is 369 g/mol. The van der Waals surface area contributed by atoms with Crippen LogP contribution in [0, 0.1) is 5.41 Å². The third-order valence-corrected chi connectivity index (χ3v) is 5.82. The zero-order chi connectivity index (χ0) is 15.7. The first-order valence-electron chi connectivity index (χ1n) is 7.63. The Morgan fingerprint density at radius 2 is 1.74 bits per heavy atom. The molecule has 0 fully saturated rings. The van der Waals surface area contributed by atoms with E-state index in [2.05, 4.69) is 15.9 Å². The van der Waals surface area contributed by atoms with Crippen LogP contribution in [0.4, 0.5) is 0 Å². The van der Waals surface area contributed by atoms with Gasteiger partial charge in [-0.05, 0) is 37.1 Å². The normalized spacial score (nSPS) is 26.2. The number of rotatable bonds is 0. The fraction of sp³-hybridized carbons (Fsp3) is 0.211. The van der Waals surface area contributed by atoms with Crippen LogP contribution in [-0.4, -0.2) is 11.6 Å². The van der Waals surface area contributed by atoms with Crippen molar-refractivity contribution in [1.82, 2.24) is 0 Å². The zero-order valence-corrected chi connectivity index (χ0v) is 13.8. The Labute approximate surface area is 141 Å². The predicted octanol–water partition coefficient (Wildman–Crippen LogP) is 4.55. The molecule has 1 aliphatic heterocycles. The van der Waals surface area contributed by atoms with Gasteiger partial charge in [-0.2, -0.15) is 0 Å². The van der Waals surface area contributed by atoms with Crippen molar-refractivity contribution in [2.45, 2.75) is 18.6 Å². The van der Waals surface area contributed by atoms with Gasteiger partial charge in [0, 0.05) is 15.9 Å². The summed E-state index contributed by atoms with van der Waals surface area (Å²) in [5.74, 6) is 0.546. The van der Waals surface area contributed by atoms with E-state index in [1.54, 1.807) is 12.2 Å². The molecule has 1 atom stereocenters. The Bertz CT molecular complexity index is 905. The summed E-state index contributed by atoms with van der Waals surface area (Å²) in [5.41, 5.74) is -0.681. The number of carbonyl (C=O) groups excluding carboxylic acids is 1. The lowest BCUT2D eigenvalue weighted by atomic mass is 9.76. The van der Waals surface area contributed by atoms with Gasteiger partial charge in [0.2, 0.25) is 0 Å². The number of benzene rings is 2. The summed E-state index contributed by atoms with van der Waals surface area (Å²) in [5, 5.41) is 1.99. The molecule has 0 radical (unpaired) electrons. The first kappa shape index (κ1) is 13.4. The number of allylic oxidation sites excluding steroid dienone is 3. The van der Waals surface area contributed by atoms with Crippen LogP contribution in [0.25, 0.3) is 10.8 Å². The summed E-state index contributed by atoms with van der Waals surface area (Å²) in [6, 6.07) is 9.84. The van der Waals surface area contributed by atoms with Gasteiger partial charge in [-0.25, -0.2) is 0 Å². The van der Waals surface area contributed by atoms with E-state index in [0.29, 0.717) is 12.8 Å². The predicted molar refractivity (Wildman–Crippen MR) is 90.6 cm³/mol. The second-order valence-electron chi connectivity index (χ2n) is 6.26. The third kappa shape index (κ3) is 1.52. The average Bonchev–Trinajstić information content (AvgIpc) is 3.15. The second-order valence-corrected chi connectivity index (χ2v) is 7.11. The molecule has 2 spiro atoms. The van der Waals surface area contributed by atoms with Crippen molar-refractivity contribution in [2.24, 2.45) is 5.41 Å². The maximum Gasteiger partial charge on any atom is 0.285 e. The summed E-state index contributed by atoms with van der Waals surface area (Å²) in [7, 11) is 0. The zero-order valence-electron chi connectivity index (χ0n) is 12.2. The van der Waals surface area contributed by atoms with Crippen molar-refractivity contribution in [1.29, 1.82) is 0 Å². The van der Waals surface area contributed by atoms with Crippen molar-refractivity contribution in [3.8, 4) is 11.5 Å². The molecular weight excluding hydrogens is 356 g/mol. The Morgan fingerprint density at radius 1 is 1.00 bits per heavy atom. The highest BCUT2D eigenvalue weighted by Gasteiger charge is 2.63. The molecule has 0 saturated heterocycles. The highest BCUT2D eigenvalue weighted by Crippen LogP contribution is 2.55. The molecule has 0 aromatic heterocycles. The van der Waals surface area contributed by atoms with Crippen LogP contribution in [-0.2, 0) is 4.79 Å². The number of fused-ring (bicyclic) bond motifs is 1. The molecule has 0 N–H and O–H groups in total. The van der Waals surface area contributed by atoms with Crippen LogP contribution in [0.3, 0.4) is 0 Å². The van der Waals surface area contributed by atoms with Crippen LogP contribution in [0.5, 0.6) is 11.5 Å². The van der Waals surface area contributed by atoms with Gasteiger partial charge in [0.1, 0.15) is 16.9 Å². The van der Waals surface area contributed by atoms with Gasteiger partial charge < -0.3 is 9.47 Å². The molecule has 5 rings (SSSR count). The van der Waals surface area contributed by atoms with Crippen LogP contribution < -0.4 is 9.47 Å². The molecule has 2 aromatic carbocycles. The van der Waals surface area contributed by atoms with Crippen molar-refractivity contribution in [3.63, 3.8) is 0 Å². The van der Waals surface area contributed by atoms with Crippen LogP contribution >= 0.6 is 15.9 Å². The number of hydrogen-bond donors (Lipinski definition) is 0. The van der Waals surface area contributed by atoms with Gasteiger partial charge in [0.15, 0.2) is 5.78 Å². The minimum absolute atomic E-state index is 0.0789. The second kappa shape index (κ2) is 4.26. The molecule has 1 heterocycles. The molecule has 2 aromatic rings. The molecule has 0 amide bonds. The lowest BCUT2D eigenvalue weighted by molar-refractivity contribution is -0.168. The fourth-order valence-electron chi connectivity index (χ4n) is 3.90. The molecule has 114 valence electrons. The lowest BCUT2D eigenvalue weighted by Crippen LogP contribution is -2.56. The number of hydrogen-bond acceptors (Lipinski definition) is 3. The minimum atomic E-state index is -1.05. The third-order valence-electron chi connectivity index (χ3n) is 5.13. The standard InChI is InChI=1S/C19H13BrO3/c20-13-6-7-15-17-12(13)4-3-5-14(17)22-19(23-15)11-8-16(21)18(19)9-1-2-10-18/h1-8,11H,9-10H2. The summed E-state index contributed by atoms with van der Waals surface area (Å²) < 4.78 is 13.6. The van der Waals surface area contributed by atoms with E-state index in [1.165, 1.54) is 0 Å². The Kier molecular flexibility index (Phi) is 2.48. The van der Waals surface area contributed by atoms with E-state index in [-0.39, 0.29) is 5.78 Å². The van der Waals surface area contributed by atoms with Gasteiger partial charge in [0.25, 0.3) is 5.79 Å². The molecule has 3 nitrogen and oxygen atoms in total. The maximum absolute atomic E-state index is 12.6. The Balaban J connectivity index is 1.74. The van der Waals surface area contributed by atoms with Crippen molar-refractivity contribution < 1.29 is 14.3 Å². The molecule has 4 heteroatoms. The van der Waals surface area contributed by atoms with Gasteiger partial charge >= 0.3 is 0 Å². The summed E-state index contributed by atoms with van der Waals surface area (Å²) in [6.07, 6.45) is 8.75. The molecule has 0 saturated carbocycles. The smallest absolute Gasteiger partial charge is 0.285 e. The van der Waals surface area contributed by atoms with Gasteiger partial charge in [0.05, 0.1) is 5.39 Å². The minimum Gasteiger partial charge on any atom is -0.447 e. The molecule has 1 unspecified atom stereocenters. The monoisotopic (exact) mass is 368 g/mol. The lowest BCUT2D eigenvalue weighted by Gasteiger charge is -2.44. The fourth-order valence-corrected chi connectivity index (χ4v) is 4.36. The van der Waals surface area contributed by atoms with E-state index in [0.717, 1.165) is 26.7 Å². The number of halogens is 1. The van der Waals surface area contributed by atoms with E-state index in [9.17, 15) is 4.79 Å². The molecule has 2 aliphatic carbocycles. The quantitative estimate of drug-likeness (QED) is 0.640. The molecule has 3 aliphatic rings. The first-order chi connectivity index (χ1) is 11.2.